The third-order valence-corrected chi connectivity index (χ3v) is 3.78. The van der Waals surface area contributed by atoms with Gasteiger partial charge in [0.15, 0.2) is 0 Å². The van der Waals surface area contributed by atoms with E-state index in [1.54, 1.807) is 0 Å². The van der Waals surface area contributed by atoms with Crippen LogP contribution in [0.15, 0.2) is 0 Å². The molecule has 0 heterocycles. The molecule has 1 atom stereocenters. The zero-order chi connectivity index (χ0) is 13.3. The van der Waals surface area contributed by atoms with Crippen molar-refractivity contribution in [1.29, 1.82) is 0 Å². The maximum absolute atomic E-state index is 9.20. The van der Waals surface area contributed by atoms with Gasteiger partial charge in [-0.25, -0.2) is 0 Å². The number of rotatable bonds is 10. The summed E-state index contributed by atoms with van der Waals surface area (Å²) < 4.78 is 0. The second-order valence-corrected chi connectivity index (χ2v) is 5.43. The van der Waals surface area contributed by atoms with Crippen LogP contribution in [0.1, 0.15) is 53.4 Å². The number of nitrogens with zero attached hydrogens (tertiary/aromatic N) is 1. The van der Waals surface area contributed by atoms with Crippen LogP contribution in [-0.2, 0) is 0 Å². The summed E-state index contributed by atoms with van der Waals surface area (Å²) in [4.78, 5) is 2.42. The van der Waals surface area contributed by atoms with Crippen LogP contribution in [-0.4, -0.2) is 42.3 Å². The highest BCUT2D eigenvalue weighted by molar-refractivity contribution is 4.82. The molecule has 0 spiro atoms. The van der Waals surface area contributed by atoms with E-state index in [2.05, 4.69) is 32.6 Å². The monoisotopic (exact) mass is 244 g/mol. The van der Waals surface area contributed by atoms with Crippen LogP contribution in [0.3, 0.4) is 0 Å². The Balaban J connectivity index is 4.59. The van der Waals surface area contributed by atoms with Gasteiger partial charge in [-0.15, -0.1) is 0 Å². The molecule has 0 aromatic heterocycles. The Kier molecular flexibility index (Phi) is 8.83. The molecule has 0 aliphatic heterocycles. The average Bonchev–Trinajstić information content (AvgIpc) is 2.31. The van der Waals surface area contributed by atoms with E-state index in [-0.39, 0.29) is 12.0 Å². The molecule has 0 aliphatic carbocycles. The van der Waals surface area contributed by atoms with Gasteiger partial charge in [-0.05, 0) is 31.2 Å². The molecule has 3 N–H and O–H groups in total. The Morgan fingerprint density at radius 3 is 2.18 bits per heavy atom. The average molecular weight is 244 g/mol. The van der Waals surface area contributed by atoms with Crippen LogP contribution in [0.5, 0.6) is 0 Å². The summed E-state index contributed by atoms with van der Waals surface area (Å²) in [5, 5.41) is 9.20. The Hall–Kier alpha value is -0.120. The molecule has 0 fully saturated rings. The van der Waals surface area contributed by atoms with Crippen LogP contribution in [0.2, 0.25) is 0 Å². The smallest absolute Gasteiger partial charge is 0.0558 e. The highest BCUT2D eigenvalue weighted by Crippen LogP contribution is 2.25. The van der Waals surface area contributed by atoms with Crippen LogP contribution >= 0.6 is 0 Å². The third kappa shape index (κ3) is 5.84. The van der Waals surface area contributed by atoms with Crippen molar-refractivity contribution in [3.8, 4) is 0 Å². The molecule has 0 rings (SSSR count). The first-order valence-electron chi connectivity index (χ1n) is 7.11. The Morgan fingerprint density at radius 2 is 1.82 bits per heavy atom. The molecular formula is C14H32N2O. The van der Waals surface area contributed by atoms with Crippen molar-refractivity contribution in [3.63, 3.8) is 0 Å². The normalized spacial score (nSPS) is 15.5. The van der Waals surface area contributed by atoms with Crippen molar-refractivity contribution in [3.05, 3.63) is 0 Å². The zero-order valence-electron chi connectivity index (χ0n) is 12.2. The lowest BCUT2D eigenvalue weighted by Crippen LogP contribution is -2.46. The van der Waals surface area contributed by atoms with Gasteiger partial charge in [-0.2, -0.15) is 0 Å². The summed E-state index contributed by atoms with van der Waals surface area (Å²) in [7, 11) is 0. The maximum Gasteiger partial charge on any atom is 0.0558 e. The lowest BCUT2D eigenvalue weighted by Gasteiger charge is -2.38. The molecule has 0 saturated carbocycles. The van der Waals surface area contributed by atoms with Crippen molar-refractivity contribution in [2.24, 2.45) is 11.1 Å². The van der Waals surface area contributed by atoms with Gasteiger partial charge in [0.25, 0.3) is 0 Å². The fourth-order valence-electron chi connectivity index (χ4n) is 2.66. The topological polar surface area (TPSA) is 49.5 Å². The quantitative estimate of drug-likeness (QED) is 0.619. The summed E-state index contributed by atoms with van der Waals surface area (Å²) in [5.74, 6) is 0. The molecule has 17 heavy (non-hydrogen) atoms. The molecule has 1 unspecified atom stereocenters. The van der Waals surface area contributed by atoms with Gasteiger partial charge < -0.3 is 10.8 Å². The number of nitrogens with two attached hydrogens (primary N) is 1. The van der Waals surface area contributed by atoms with Crippen LogP contribution < -0.4 is 5.73 Å². The van der Waals surface area contributed by atoms with Crippen LogP contribution in [0, 0.1) is 5.41 Å². The van der Waals surface area contributed by atoms with Crippen molar-refractivity contribution >= 4 is 0 Å². The molecule has 0 aromatic carbocycles. The first-order chi connectivity index (χ1) is 8.06. The minimum Gasteiger partial charge on any atom is -0.395 e. The predicted octanol–water partition coefficient (Wildman–Crippen LogP) is 2.23. The van der Waals surface area contributed by atoms with E-state index in [4.69, 9.17) is 5.73 Å². The molecule has 0 saturated heterocycles. The summed E-state index contributed by atoms with van der Waals surface area (Å²) in [5.41, 5.74) is 6.12. The largest absolute Gasteiger partial charge is 0.395 e. The Labute approximate surface area is 107 Å². The highest BCUT2D eigenvalue weighted by atomic mass is 16.3. The first kappa shape index (κ1) is 16.9. The molecular weight excluding hydrogens is 212 g/mol. The maximum atomic E-state index is 9.20. The SMILES string of the molecule is CCCC(C)(CN)CN(CCO)C(CC)CC. The van der Waals surface area contributed by atoms with Gasteiger partial charge in [-0.1, -0.05) is 34.1 Å². The van der Waals surface area contributed by atoms with Gasteiger partial charge in [0.2, 0.25) is 0 Å². The van der Waals surface area contributed by atoms with E-state index in [0.29, 0.717) is 6.04 Å². The summed E-state index contributed by atoms with van der Waals surface area (Å²) in [6.45, 7) is 11.7. The lowest BCUT2D eigenvalue weighted by atomic mass is 9.84. The fraction of sp³-hybridized carbons (Fsp3) is 1.00. The van der Waals surface area contributed by atoms with Gasteiger partial charge in [-0.3, -0.25) is 4.90 Å². The molecule has 104 valence electrons. The van der Waals surface area contributed by atoms with Crippen molar-refractivity contribution in [1.82, 2.24) is 4.90 Å². The highest BCUT2D eigenvalue weighted by Gasteiger charge is 2.27. The lowest BCUT2D eigenvalue weighted by molar-refractivity contribution is 0.0887. The van der Waals surface area contributed by atoms with E-state index in [1.807, 2.05) is 0 Å². The Morgan fingerprint density at radius 1 is 1.24 bits per heavy atom. The third-order valence-electron chi connectivity index (χ3n) is 3.78. The van der Waals surface area contributed by atoms with E-state index < -0.39 is 0 Å². The summed E-state index contributed by atoms with van der Waals surface area (Å²) >= 11 is 0. The second kappa shape index (κ2) is 8.90. The van der Waals surface area contributed by atoms with Gasteiger partial charge in [0.1, 0.15) is 0 Å². The first-order valence-corrected chi connectivity index (χ1v) is 7.11. The number of aliphatic hydroxyl groups excluding tert-OH is 1. The van der Waals surface area contributed by atoms with Gasteiger partial charge in [0.05, 0.1) is 6.61 Å². The van der Waals surface area contributed by atoms with Crippen molar-refractivity contribution in [2.75, 3.05) is 26.2 Å². The molecule has 0 aromatic rings. The van der Waals surface area contributed by atoms with Crippen molar-refractivity contribution < 1.29 is 5.11 Å². The molecule has 3 nitrogen and oxygen atoms in total. The summed E-state index contributed by atoms with van der Waals surface area (Å²) in [6.07, 6.45) is 4.61. The van der Waals surface area contributed by atoms with Crippen molar-refractivity contribution in [2.45, 2.75) is 59.4 Å². The van der Waals surface area contributed by atoms with E-state index >= 15 is 0 Å². The minimum atomic E-state index is 0.187. The predicted molar refractivity (Wildman–Crippen MR) is 75.1 cm³/mol. The standard InChI is InChI=1S/C14H32N2O/c1-5-8-14(4,11-15)12-16(9-10-17)13(6-2)7-3/h13,17H,5-12,15H2,1-4H3. The molecule has 0 aliphatic rings. The molecule has 0 radical (unpaired) electrons. The molecule has 0 bridgehead atoms. The van der Waals surface area contributed by atoms with Crippen LogP contribution in [0.25, 0.3) is 0 Å². The molecule has 0 amide bonds. The fourth-order valence-corrected chi connectivity index (χ4v) is 2.66. The second-order valence-electron chi connectivity index (χ2n) is 5.43. The minimum absolute atomic E-state index is 0.187. The van der Waals surface area contributed by atoms with Gasteiger partial charge in [0, 0.05) is 19.1 Å². The van der Waals surface area contributed by atoms with E-state index in [1.165, 1.54) is 6.42 Å². The number of hydrogen-bond acceptors (Lipinski definition) is 3. The number of aliphatic hydroxyl groups is 1. The van der Waals surface area contributed by atoms with E-state index in [0.717, 1.165) is 38.9 Å². The summed E-state index contributed by atoms with van der Waals surface area (Å²) in [6, 6.07) is 0.574. The van der Waals surface area contributed by atoms with Gasteiger partial charge >= 0.3 is 0 Å². The Bertz CT molecular complexity index is 183. The molecule has 3 heteroatoms. The van der Waals surface area contributed by atoms with Crippen LogP contribution in [0.4, 0.5) is 0 Å². The zero-order valence-corrected chi connectivity index (χ0v) is 12.2. The van der Waals surface area contributed by atoms with E-state index in [9.17, 15) is 5.11 Å². The number of hydrogen-bond donors (Lipinski definition) is 2.